The first-order valence-corrected chi connectivity index (χ1v) is 13.2. The van der Waals surface area contributed by atoms with Crippen LogP contribution in [0.5, 0.6) is 0 Å². The number of anilines is 1. The number of fused-ring (bicyclic) bond motifs is 4. The van der Waals surface area contributed by atoms with Gasteiger partial charge in [0.1, 0.15) is 5.78 Å². The Morgan fingerprint density at radius 2 is 1.76 bits per heavy atom. The van der Waals surface area contributed by atoms with Crippen molar-refractivity contribution in [3.63, 3.8) is 0 Å². The van der Waals surface area contributed by atoms with Crippen molar-refractivity contribution in [2.45, 2.75) is 76.1 Å². The molecule has 1 heterocycles. The van der Waals surface area contributed by atoms with Crippen LogP contribution >= 0.6 is 0 Å². The molecular formula is C29H39NO4. The van der Waals surface area contributed by atoms with Crippen molar-refractivity contribution < 1.29 is 19.4 Å². The molecular weight excluding hydrogens is 426 g/mol. The molecule has 6 atom stereocenters. The van der Waals surface area contributed by atoms with E-state index in [0.29, 0.717) is 49.6 Å². The highest BCUT2D eigenvalue weighted by Crippen LogP contribution is 2.65. The highest BCUT2D eigenvalue weighted by atomic mass is 16.7. The molecule has 5 heteroatoms. The van der Waals surface area contributed by atoms with Crippen molar-refractivity contribution in [1.29, 1.82) is 0 Å². The molecule has 0 amide bonds. The molecule has 1 spiro atoms. The number of rotatable bonds is 2. The second-order valence-electron chi connectivity index (χ2n) is 12.2. The van der Waals surface area contributed by atoms with Crippen LogP contribution in [0.25, 0.3) is 0 Å². The second-order valence-corrected chi connectivity index (χ2v) is 12.2. The smallest absolute Gasteiger partial charge is 0.171 e. The fraction of sp³-hybridized carbons (Fsp3) is 0.690. The van der Waals surface area contributed by atoms with E-state index in [2.05, 4.69) is 57.1 Å². The maximum atomic E-state index is 13.2. The van der Waals surface area contributed by atoms with E-state index in [4.69, 9.17) is 9.47 Å². The van der Waals surface area contributed by atoms with Crippen molar-refractivity contribution in [2.24, 2.45) is 23.2 Å². The van der Waals surface area contributed by atoms with Crippen LogP contribution in [0.15, 0.2) is 35.4 Å². The summed E-state index contributed by atoms with van der Waals surface area (Å²) in [6.45, 7) is 5.77. The van der Waals surface area contributed by atoms with E-state index in [1.165, 1.54) is 22.4 Å². The highest BCUT2D eigenvalue weighted by Gasteiger charge is 2.62. The van der Waals surface area contributed by atoms with E-state index >= 15 is 0 Å². The number of hydrogen-bond acceptors (Lipinski definition) is 5. The average Bonchev–Trinajstić information content (AvgIpc) is 3.36. The first-order chi connectivity index (χ1) is 16.2. The van der Waals surface area contributed by atoms with E-state index in [0.717, 1.165) is 32.1 Å². The highest BCUT2D eigenvalue weighted by molar-refractivity contribution is 5.87. The minimum atomic E-state index is -0.883. The third-order valence-electron chi connectivity index (χ3n) is 10.1. The standard InChI is InChI=1S/C29H39NO4/c1-18-15-28(32)17-29(33-13-14-34-29)12-11-23(28)26-21(19-5-7-20(8-6-19)30(3)4)16-27(2)22(25(18)26)9-10-24(27)31/h5-8,18,21-22,25,32H,9-17H2,1-4H3/t18-,21+,22-,25-,27-,28+/m0/s1. The molecule has 1 aliphatic heterocycles. The van der Waals surface area contributed by atoms with Crippen LogP contribution in [0.2, 0.25) is 0 Å². The van der Waals surface area contributed by atoms with Crippen LogP contribution in [0.1, 0.15) is 70.3 Å². The molecule has 4 aliphatic carbocycles. The summed E-state index contributed by atoms with van der Waals surface area (Å²) in [5.74, 6) is 1.06. The third-order valence-corrected chi connectivity index (χ3v) is 10.1. The predicted octanol–water partition coefficient (Wildman–Crippen LogP) is 4.84. The van der Waals surface area contributed by atoms with Crippen LogP contribution in [-0.4, -0.2) is 49.6 Å². The predicted molar refractivity (Wildman–Crippen MR) is 132 cm³/mol. The fourth-order valence-electron chi connectivity index (χ4n) is 8.54. The molecule has 0 aromatic heterocycles. The Morgan fingerprint density at radius 3 is 2.44 bits per heavy atom. The molecule has 1 saturated heterocycles. The van der Waals surface area contributed by atoms with Gasteiger partial charge in [-0.3, -0.25) is 4.79 Å². The molecule has 6 rings (SSSR count). The van der Waals surface area contributed by atoms with Gasteiger partial charge in [0.25, 0.3) is 0 Å². The lowest BCUT2D eigenvalue weighted by molar-refractivity contribution is -0.210. The SMILES string of the molecule is C[C@H]1C[C@@]2(O)CC3(CCC2=C2[C@@H]1[C@@H]1CCC(=O)[C@@]1(C)C[C@@H]2c1ccc(N(C)C)cc1)OCCO3. The molecule has 5 nitrogen and oxygen atoms in total. The number of Topliss-reactive ketones (excluding diaryl/α,β-unsaturated/α-hetero) is 1. The quantitative estimate of drug-likeness (QED) is 0.634. The van der Waals surface area contributed by atoms with Crippen LogP contribution in [-0.2, 0) is 14.3 Å². The Hall–Kier alpha value is -1.69. The lowest BCUT2D eigenvalue weighted by atomic mass is 9.49. The van der Waals surface area contributed by atoms with Gasteiger partial charge in [0.15, 0.2) is 5.79 Å². The minimum Gasteiger partial charge on any atom is -0.385 e. The number of hydrogen-bond donors (Lipinski definition) is 1. The van der Waals surface area contributed by atoms with E-state index in [1.54, 1.807) is 0 Å². The largest absolute Gasteiger partial charge is 0.385 e. The molecule has 184 valence electrons. The van der Waals surface area contributed by atoms with Gasteiger partial charge in [-0.1, -0.05) is 31.6 Å². The Kier molecular flexibility index (Phi) is 5.12. The monoisotopic (exact) mass is 465 g/mol. The summed E-state index contributed by atoms with van der Waals surface area (Å²) < 4.78 is 12.1. The average molecular weight is 466 g/mol. The molecule has 3 saturated carbocycles. The summed E-state index contributed by atoms with van der Waals surface area (Å²) in [4.78, 5) is 15.4. The van der Waals surface area contributed by atoms with E-state index in [-0.39, 0.29) is 11.3 Å². The van der Waals surface area contributed by atoms with Gasteiger partial charge in [0.05, 0.1) is 18.8 Å². The van der Waals surface area contributed by atoms with Gasteiger partial charge >= 0.3 is 0 Å². The number of carbonyl (C=O) groups is 1. The van der Waals surface area contributed by atoms with Gasteiger partial charge in [0, 0.05) is 50.4 Å². The number of nitrogens with zero attached hydrogens (tertiary/aromatic N) is 1. The first-order valence-electron chi connectivity index (χ1n) is 13.2. The van der Waals surface area contributed by atoms with Crippen molar-refractivity contribution in [3.05, 3.63) is 41.0 Å². The molecule has 34 heavy (non-hydrogen) atoms. The molecule has 1 aromatic carbocycles. The summed E-state index contributed by atoms with van der Waals surface area (Å²) in [6, 6.07) is 8.88. The van der Waals surface area contributed by atoms with Crippen molar-refractivity contribution in [3.8, 4) is 0 Å². The van der Waals surface area contributed by atoms with Gasteiger partial charge < -0.3 is 19.5 Å². The maximum absolute atomic E-state index is 13.2. The van der Waals surface area contributed by atoms with Crippen LogP contribution in [0.4, 0.5) is 5.69 Å². The summed E-state index contributed by atoms with van der Waals surface area (Å²) in [5.41, 5.74) is 4.00. The van der Waals surface area contributed by atoms with Gasteiger partial charge in [-0.05, 0) is 66.7 Å². The Bertz CT molecular complexity index is 1020. The van der Waals surface area contributed by atoms with Gasteiger partial charge in [-0.25, -0.2) is 0 Å². The van der Waals surface area contributed by atoms with Crippen LogP contribution < -0.4 is 4.90 Å². The van der Waals surface area contributed by atoms with Crippen LogP contribution in [0.3, 0.4) is 0 Å². The fourth-order valence-corrected chi connectivity index (χ4v) is 8.54. The number of ether oxygens (including phenoxy) is 2. The zero-order chi connectivity index (χ0) is 23.9. The third kappa shape index (κ3) is 3.19. The molecule has 1 N–H and O–H groups in total. The zero-order valence-corrected chi connectivity index (χ0v) is 21.1. The molecule has 0 radical (unpaired) electrons. The summed E-state index contributed by atoms with van der Waals surface area (Å²) in [5, 5.41) is 12.2. The van der Waals surface area contributed by atoms with E-state index < -0.39 is 11.4 Å². The number of carbonyl (C=O) groups excluding carboxylic acids is 1. The van der Waals surface area contributed by atoms with Gasteiger partial charge in [0.2, 0.25) is 0 Å². The number of aliphatic hydroxyl groups is 1. The van der Waals surface area contributed by atoms with E-state index in [9.17, 15) is 9.90 Å². The summed E-state index contributed by atoms with van der Waals surface area (Å²) >= 11 is 0. The number of allylic oxidation sites excluding steroid dienone is 1. The Morgan fingerprint density at radius 1 is 1.06 bits per heavy atom. The van der Waals surface area contributed by atoms with Gasteiger partial charge in [-0.15, -0.1) is 0 Å². The Balaban J connectivity index is 1.49. The lowest BCUT2D eigenvalue weighted by Gasteiger charge is -2.57. The Labute approximate surface area is 203 Å². The minimum absolute atomic E-state index is 0.174. The number of ketones is 1. The van der Waals surface area contributed by atoms with Crippen LogP contribution in [0, 0.1) is 23.2 Å². The maximum Gasteiger partial charge on any atom is 0.171 e. The van der Waals surface area contributed by atoms with Crippen molar-refractivity contribution >= 4 is 11.5 Å². The second kappa shape index (κ2) is 7.65. The van der Waals surface area contributed by atoms with E-state index in [1.807, 2.05) is 0 Å². The topological polar surface area (TPSA) is 59.0 Å². The molecule has 0 bridgehead atoms. The normalized spacial score (nSPS) is 40.8. The van der Waals surface area contributed by atoms with Crippen molar-refractivity contribution in [2.75, 3.05) is 32.2 Å². The summed E-state index contributed by atoms with van der Waals surface area (Å²) in [7, 11) is 4.13. The summed E-state index contributed by atoms with van der Waals surface area (Å²) in [6.07, 6.45) is 5.44. The lowest BCUT2D eigenvalue weighted by Crippen LogP contribution is -2.55. The molecule has 4 fully saturated rings. The molecule has 0 unspecified atom stereocenters. The van der Waals surface area contributed by atoms with Crippen molar-refractivity contribution in [1.82, 2.24) is 0 Å². The number of benzene rings is 1. The zero-order valence-electron chi connectivity index (χ0n) is 21.1. The molecule has 1 aromatic rings. The van der Waals surface area contributed by atoms with Gasteiger partial charge in [-0.2, -0.15) is 0 Å². The molecule has 5 aliphatic rings. The first kappa shape index (κ1) is 22.8.